The minimum atomic E-state index is -0.430. The molecule has 1 heterocycles. The fourth-order valence-corrected chi connectivity index (χ4v) is 2.51. The fraction of sp³-hybridized carbons (Fsp3) is 0.467. The molecular formula is C15H20FN3O3. The topological polar surface area (TPSA) is 70.7 Å². The van der Waals surface area contributed by atoms with Gasteiger partial charge in [0.05, 0.1) is 19.2 Å². The number of urea groups is 1. The van der Waals surface area contributed by atoms with Gasteiger partial charge in [0.2, 0.25) is 5.91 Å². The molecule has 2 atom stereocenters. The Morgan fingerprint density at radius 3 is 2.82 bits per heavy atom. The molecule has 1 saturated heterocycles. The van der Waals surface area contributed by atoms with E-state index in [0.29, 0.717) is 24.3 Å². The Morgan fingerprint density at radius 2 is 2.23 bits per heavy atom. The minimum Gasteiger partial charge on any atom is -0.496 e. The molecule has 2 unspecified atom stereocenters. The number of nitrogens with zero attached hydrogens (tertiary/aromatic N) is 1. The smallest absolute Gasteiger partial charge is 0.315 e. The van der Waals surface area contributed by atoms with Crippen molar-refractivity contribution < 1.29 is 18.7 Å². The van der Waals surface area contributed by atoms with Crippen LogP contribution >= 0.6 is 0 Å². The molecule has 2 rings (SSSR count). The summed E-state index contributed by atoms with van der Waals surface area (Å²) in [5.41, 5.74) is 0.553. The molecule has 1 aromatic carbocycles. The van der Waals surface area contributed by atoms with Crippen molar-refractivity contribution in [1.82, 2.24) is 15.5 Å². The Kier molecular flexibility index (Phi) is 4.85. The monoisotopic (exact) mass is 309 g/mol. The first-order valence-corrected chi connectivity index (χ1v) is 7.05. The highest BCUT2D eigenvalue weighted by Gasteiger charge is 2.28. The molecule has 1 aliphatic heterocycles. The molecule has 3 amide bonds. The molecule has 120 valence electrons. The fourth-order valence-electron chi connectivity index (χ4n) is 2.51. The lowest BCUT2D eigenvalue weighted by molar-refractivity contribution is -0.126. The van der Waals surface area contributed by atoms with E-state index in [9.17, 15) is 14.0 Å². The molecule has 6 nitrogen and oxygen atoms in total. The van der Waals surface area contributed by atoms with E-state index in [1.165, 1.54) is 25.3 Å². The first-order valence-electron chi connectivity index (χ1n) is 7.05. The Balaban J connectivity index is 1.97. The average molecular weight is 309 g/mol. The molecule has 7 heteroatoms. The van der Waals surface area contributed by atoms with E-state index < -0.39 is 17.9 Å². The Hall–Kier alpha value is -2.31. The van der Waals surface area contributed by atoms with Gasteiger partial charge in [-0.2, -0.15) is 0 Å². The first kappa shape index (κ1) is 16.1. The number of likely N-dealkylation sites (N-methyl/N-ethyl adjacent to an activating group) is 1. The van der Waals surface area contributed by atoms with E-state index in [-0.39, 0.29) is 11.9 Å². The quantitative estimate of drug-likeness (QED) is 0.884. The molecule has 2 N–H and O–H groups in total. The van der Waals surface area contributed by atoms with Crippen LogP contribution in [0.25, 0.3) is 0 Å². The van der Waals surface area contributed by atoms with Crippen LogP contribution in [0.2, 0.25) is 0 Å². The largest absolute Gasteiger partial charge is 0.496 e. The number of ether oxygens (including phenoxy) is 1. The molecule has 1 aliphatic rings. The van der Waals surface area contributed by atoms with Crippen LogP contribution in [0.5, 0.6) is 5.75 Å². The number of halogens is 1. The normalized spacial score (nSPS) is 19.0. The lowest BCUT2D eigenvalue weighted by atomic mass is 10.1. The summed E-state index contributed by atoms with van der Waals surface area (Å²) in [5.74, 6) is 0.114. The van der Waals surface area contributed by atoms with Gasteiger partial charge in [-0.1, -0.05) is 0 Å². The molecule has 0 bridgehead atoms. The van der Waals surface area contributed by atoms with Crippen LogP contribution in [-0.4, -0.2) is 43.6 Å². The van der Waals surface area contributed by atoms with Crippen LogP contribution in [-0.2, 0) is 4.79 Å². The van der Waals surface area contributed by atoms with Crippen molar-refractivity contribution in [2.24, 2.45) is 0 Å². The van der Waals surface area contributed by atoms with Gasteiger partial charge in [0, 0.05) is 25.6 Å². The lowest BCUT2D eigenvalue weighted by Crippen LogP contribution is -2.43. The summed E-state index contributed by atoms with van der Waals surface area (Å²) in [6, 6.07) is 3.11. The Labute approximate surface area is 128 Å². The molecule has 22 heavy (non-hydrogen) atoms. The zero-order valence-corrected chi connectivity index (χ0v) is 12.9. The molecule has 0 radical (unpaired) electrons. The summed E-state index contributed by atoms with van der Waals surface area (Å²) >= 11 is 0. The second-order valence-corrected chi connectivity index (χ2v) is 5.40. The van der Waals surface area contributed by atoms with E-state index in [1.54, 1.807) is 18.9 Å². The SMILES string of the molecule is COc1ccc(F)cc1C(C)NC(=O)NC1CC(=O)N(C)C1. The summed E-state index contributed by atoms with van der Waals surface area (Å²) in [4.78, 5) is 25.0. The number of amides is 3. The third kappa shape index (κ3) is 3.66. The van der Waals surface area contributed by atoms with Crippen LogP contribution in [0.15, 0.2) is 18.2 Å². The van der Waals surface area contributed by atoms with Crippen LogP contribution < -0.4 is 15.4 Å². The third-order valence-corrected chi connectivity index (χ3v) is 3.68. The number of nitrogens with one attached hydrogen (secondary N) is 2. The molecular weight excluding hydrogens is 289 g/mol. The van der Waals surface area contributed by atoms with Crippen molar-refractivity contribution >= 4 is 11.9 Å². The lowest BCUT2D eigenvalue weighted by Gasteiger charge is -2.19. The van der Waals surface area contributed by atoms with Crippen molar-refractivity contribution in [3.8, 4) is 5.75 Å². The summed E-state index contributed by atoms with van der Waals surface area (Å²) in [5, 5.41) is 5.47. The summed E-state index contributed by atoms with van der Waals surface area (Å²) in [6.45, 7) is 2.23. The van der Waals surface area contributed by atoms with Gasteiger partial charge in [-0.15, -0.1) is 0 Å². The number of likely N-dealkylation sites (tertiary alicyclic amines) is 1. The zero-order chi connectivity index (χ0) is 16.3. The van der Waals surface area contributed by atoms with Gasteiger partial charge in [0.25, 0.3) is 0 Å². The maximum Gasteiger partial charge on any atom is 0.315 e. The first-order chi connectivity index (χ1) is 10.4. The van der Waals surface area contributed by atoms with Crippen molar-refractivity contribution in [2.75, 3.05) is 20.7 Å². The second-order valence-electron chi connectivity index (χ2n) is 5.40. The summed E-state index contributed by atoms with van der Waals surface area (Å²) in [7, 11) is 3.19. The highest BCUT2D eigenvalue weighted by molar-refractivity contribution is 5.81. The molecule has 1 fully saturated rings. The van der Waals surface area contributed by atoms with Gasteiger partial charge in [0.15, 0.2) is 0 Å². The predicted molar refractivity (Wildman–Crippen MR) is 79.1 cm³/mol. The van der Waals surface area contributed by atoms with Crippen molar-refractivity contribution in [3.05, 3.63) is 29.6 Å². The highest BCUT2D eigenvalue weighted by atomic mass is 19.1. The zero-order valence-electron chi connectivity index (χ0n) is 12.9. The number of carbonyl (C=O) groups is 2. The Morgan fingerprint density at radius 1 is 1.50 bits per heavy atom. The van der Waals surface area contributed by atoms with E-state index >= 15 is 0 Å². The second kappa shape index (κ2) is 6.64. The van der Waals surface area contributed by atoms with Gasteiger partial charge in [-0.3, -0.25) is 4.79 Å². The van der Waals surface area contributed by atoms with Crippen LogP contribution in [0.3, 0.4) is 0 Å². The average Bonchev–Trinajstić information content (AvgIpc) is 2.76. The van der Waals surface area contributed by atoms with E-state index in [2.05, 4.69) is 10.6 Å². The number of hydrogen-bond acceptors (Lipinski definition) is 3. The standard InChI is InChI=1S/C15H20FN3O3/c1-9(12-6-10(16)4-5-13(12)22-3)17-15(21)18-11-7-14(20)19(2)8-11/h4-6,9,11H,7-8H2,1-3H3,(H2,17,18,21). The molecule has 0 saturated carbocycles. The number of rotatable bonds is 4. The number of carbonyl (C=O) groups excluding carboxylic acids is 2. The highest BCUT2D eigenvalue weighted by Crippen LogP contribution is 2.25. The van der Waals surface area contributed by atoms with Crippen molar-refractivity contribution in [3.63, 3.8) is 0 Å². The maximum atomic E-state index is 13.4. The Bertz CT molecular complexity index is 579. The maximum absolute atomic E-state index is 13.4. The van der Waals surface area contributed by atoms with Gasteiger partial charge < -0.3 is 20.3 Å². The summed E-state index contributed by atoms with van der Waals surface area (Å²) < 4.78 is 18.5. The van der Waals surface area contributed by atoms with E-state index in [4.69, 9.17) is 4.74 Å². The molecule has 0 aromatic heterocycles. The molecule has 0 spiro atoms. The van der Waals surface area contributed by atoms with E-state index in [1.807, 2.05) is 0 Å². The predicted octanol–water partition coefficient (Wildman–Crippen LogP) is 1.43. The number of methoxy groups -OCH3 is 1. The van der Waals surface area contributed by atoms with Crippen molar-refractivity contribution in [2.45, 2.75) is 25.4 Å². The minimum absolute atomic E-state index is 0.00477. The van der Waals surface area contributed by atoms with E-state index in [0.717, 1.165) is 0 Å². The van der Waals surface area contributed by atoms with Gasteiger partial charge >= 0.3 is 6.03 Å². The van der Waals surface area contributed by atoms with Gasteiger partial charge in [-0.05, 0) is 25.1 Å². The molecule has 1 aromatic rings. The van der Waals surface area contributed by atoms with Crippen LogP contribution in [0.4, 0.5) is 9.18 Å². The van der Waals surface area contributed by atoms with Crippen LogP contribution in [0.1, 0.15) is 24.9 Å². The number of benzene rings is 1. The number of hydrogen-bond donors (Lipinski definition) is 2. The summed E-state index contributed by atoms with van der Waals surface area (Å²) in [6.07, 6.45) is 0.293. The van der Waals surface area contributed by atoms with Gasteiger partial charge in [0.1, 0.15) is 11.6 Å². The van der Waals surface area contributed by atoms with Gasteiger partial charge in [-0.25, -0.2) is 9.18 Å². The van der Waals surface area contributed by atoms with Crippen molar-refractivity contribution in [1.29, 1.82) is 0 Å². The van der Waals surface area contributed by atoms with Crippen LogP contribution in [0, 0.1) is 5.82 Å². The third-order valence-electron chi connectivity index (χ3n) is 3.68. The molecule has 0 aliphatic carbocycles.